The van der Waals surface area contributed by atoms with Crippen molar-refractivity contribution in [3.05, 3.63) is 52.0 Å². The highest BCUT2D eigenvalue weighted by atomic mass is 35.5. The Morgan fingerprint density at radius 2 is 2.17 bits per heavy atom. The largest absolute Gasteiger partial charge is 0.335 e. The third-order valence-electron chi connectivity index (χ3n) is 2.43. The number of nitrogens with two attached hydrogens (primary N) is 1. The summed E-state index contributed by atoms with van der Waals surface area (Å²) < 4.78 is 1.76. The number of hydrogen-bond acceptors (Lipinski definition) is 3. The van der Waals surface area contributed by atoms with Crippen LogP contribution >= 0.6 is 23.2 Å². The standard InChI is InChI=1S/C12H11Cl2N3O/c13-8-1-2-10(14)9(5-8)12(18)11-6-17(4-3-15)7-16-11/h1-2,5-7H,3-4,15H2. The molecule has 94 valence electrons. The van der Waals surface area contributed by atoms with Gasteiger partial charge in [-0.05, 0) is 18.2 Å². The average molecular weight is 284 g/mol. The van der Waals surface area contributed by atoms with Gasteiger partial charge < -0.3 is 10.3 Å². The van der Waals surface area contributed by atoms with Crippen LogP contribution in [0.4, 0.5) is 0 Å². The van der Waals surface area contributed by atoms with Gasteiger partial charge in [0.25, 0.3) is 0 Å². The Hall–Kier alpha value is -1.36. The fraction of sp³-hybridized carbons (Fsp3) is 0.167. The maximum Gasteiger partial charge on any atom is 0.214 e. The van der Waals surface area contributed by atoms with E-state index in [1.807, 2.05) is 0 Å². The quantitative estimate of drug-likeness (QED) is 0.877. The highest BCUT2D eigenvalue weighted by Crippen LogP contribution is 2.22. The molecule has 0 radical (unpaired) electrons. The number of imidazole rings is 1. The van der Waals surface area contributed by atoms with E-state index in [-0.39, 0.29) is 5.78 Å². The van der Waals surface area contributed by atoms with Crippen molar-refractivity contribution in [2.75, 3.05) is 6.54 Å². The summed E-state index contributed by atoms with van der Waals surface area (Å²) in [6.07, 6.45) is 3.21. The van der Waals surface area contributed by atoms with Crippen LogP contribution in [0.1, 0.15) is 16.1 Å². The summed E-state index contributed by atoms with van der Waals surface area (Å²) in [6.45, 7) is 1.10. The van der Waals surface area contributed by atoms with E-state index in [4.69, 9.17) is 28.9 Å². The molecule has 1 heterocycles. The van der Waals surface area contributed by atoms with E-state index in [9.17, 15) is 4.79 Å². The minimum absolute atomic E-state index is 0.252. The first-order valence-electron chi connectivity index (χ1n) is 5.33. The number of benzene rings is 1. The van der Waals surface area contributed by atoms with E-state index in [1.165, 1.54) is 6.07 Å². The summed E-state index contributed by atoms with van der Waals surface area (Å²) in [5, 5.41) is 0.821. The molecule has 2 N–H and O–H groups in total. The number of aromatic nitrogens is 2. The molecule has 4 nitrogen and oxygen atoms in total. The van der Waals surface area contributed by atoms with Crippen molar-refractivity contribution in [3.8, 4) is 0 Å². The minimum Gasteiger partial charge on any atom is -0.335 e. The van der Waals surface area contributed by atoms with E-state index >= 15 is 0 Å². The monoisotopic (exact) mass is 283 g/mol. The Morgan fingerprint density at radius 1 is 1.39 bits per heavy atom. The van der Waals surface area contributed by atoms with Gasteiger partial charge in [-0.25, -0.2) is 4.98 Å². The topological polar surface area (TPSA) is 60.9 Å². The molecule has 2 rings (SSSR count). The lowest BCUT2D eigenvalue weighted by Gasteiger charge is -2.01. The second-order valence-electron chi connectivity index (χ2n) is 3.74. The van der Waals surface area contributed by atoms with Crippen LogP contribution in [0.5, 0.6) is 0 Å². The van der Waals surface area contributed by atoms with Crippen LogP contribution in [-0.2, 0) is 6.54 Å². The van der Waals surface area contributed by atoms with Gasteiger partial charge in [-0.15, -0.1) is 0 Å². The lowest BCUT2D eigenvalue weighted by atomic mass is 10.1. The van der Waals surface area contributed by atoms with Crippen LogP contribution in [0.25, 0.3) is 0 Å². The molecule has 0 fully saturated rings. The molecular formula is C12H11Cl2N3O. The van der Waals surface area contributed by atoms with E-state index in [0.29, 0.717) is 34.4 Å². The number of carbonyl (C=O) groups is 1. The maximum atomic E-state index is 12.2. The SMILES string of the molecule is NCCn1cnc(C(=O)c2cc(Cl)ccc2Cl)c1. The van der Waals surface area contributed by atoms with Crippen LogP contribution in [0.15, 0.2) is 30.7 Å². The van der Waals surface area contributed by atoms with Crippen molar-refractivity contribution in [2.45, 2.75) is 6.54 Å². The highest BCUT2D eigenvalue weighted by molar-refractivity contribution is 6.36. The third-order valence-corrected chi connectivity index (χ3v) is 2.99. The van der Waals surface area contributed by atoms with E-state index in [2.05, 4.69) is 4.98 Å². The zero-order valence-electron chi connectivity index (χ0n) is 9.44. The van der Waals surface area contributed by atoms with E-state index < -0.39 is 0 Å². The Bertz CT molecular complexity index is 580. The van der Waals surface area contributed by atoms with Gasteiger partial charge >= 0.3 is 0 Å². The van der Waals surface area contributed by atoms with Crippen LogP contribution in [0.3, 0.4) is 0 Å². The van der Waals surface area contributed by atoms with Gasteiger partial charge in [-0.2, -0.15) is 0 Å². The van der Waals surface area contributed by atoms with Gasteiger partial charge in [0.15, 0.2) is 0 Å². The van der Waals surface area contributed by atoms with E-state index in [0.717, 1.165) is 0 Å². The molecule has 0 aliphatic heterocycles. The molecule has 0 amide bonds. The smallest absolute Gasteiger partial charge is 0.214 e. The molecule has 1 aromatic heterocycles. The number of halogens is 2. The van der Waals surface area contributed by atoms with Crippen molar-refractivity contribution in [3.63, 3.8) is 0 Å². The van der Waals surface area contributed by atoms with Crippen LogP contribution in [-0.4, -0.2) is 21.9 Å². The van der Waals surface area contributed by atoms with Crippen molar-refractivity contribution >= 4 is 29.0 Å². The molecule has 0 aliphatic rings. The molecule has 0 unspecified atom stereocenters. The summed E-state index contributed by atoms with van der Waals surface area (Å²) in [5.41, 5.74) is 6.10. The molecule has 0 saturated heterocycles. The molecule has 2 aromatic rings. The van der Waals surface area contributed by atoms with Crippen LogP contribution in [0, 0.1) is 0 Å². The number of hydrogen-bond donors (Lipinski definition) is 1. The zero-order chi connectivity index (χ0) is 13.1. The lowest BCUT2D eigenvalue weighted by molar-refractivity contribution is 0.103. The molecule has 1 aromatic carbocycles. The average Bonchev–Trinajstić information content (AvgIpc) is 2.80. The summed E-state index contributed by atoms with van der Waals surface area (Å²) in [6, 6.07) is 4.76. The molecule has 0 aliphatic carbocycles. The Labute approximate surface area is 114 Å². The maximum absolute atomic E-state index is 12.2. The summed E-state index contributed by atoms with van der Waals surface area (Å²) in [7, 11) is 0. The zero-order valence-corrected chi connectivity index (χ0v) is 10.9. The van der Waals surface area contributed by atoms with Gasteiger partial charge in [-0.1, -0.05) is 23.2 Å². The molecular weight excluding hydrogens is 273 g/mol. The second kappa shape index (κ2) is 5.52. The summed E-state index contributed by atoms with van der Waals surface area (Å²) in [4.78, 5) is 16.2. The van der Waals surface area contributed by atoms with Gasteiger partial charge in [0.2, 0.25) is 5.78 Å². The predicted octanol–water partition coefficient (Wildman–Crippen LogP) is 2.38. The minimum atomic E-state index is -0.252. The van der Waals surface area contributed by atoms with Crippen molar-refractivity contribution in [1.82, 2.24) is 9.55 Å². The number of nitrogens with zero attached hydrogens (tertiary/aromatic N) is 2. The van der Waals surface area contributed by atoms with Gasteiger partial charge in [0, 0.05) is 29.9 Å². The Kier molecular flexibility index (Phi) is 4.01. The molecule has 0 saturated carbocycles. The molecule has 18 heavy (non-hydrogen) atoms. The molecule has 0 atom stereocenters. The van der Waals surface area contributed by atoms with Crippen molar-refractivity contribution in [1.29, 1.82) is 0 Å². The Morgan fingerprint density at radius 3 is 2.89 bits per heavy atom. The second-order valence-corrected chi connectivity index (χ2v) is 4.58. The molecule has 0 bridgehead atoms. The summed E-state index contributed by atoms with van der Waals surface area (Å²) >= 11 is 11.8. The molecule has 6 heteroatoms. The van der Waals surface area contributed by atoms with Crippen LogP contribution < -0.4 is 5.73 Å². The highest BCUT2D eigenvalue weighted by Gasteiger charge is 2.15. The van der Waals surface area contributed by atoms with Crippen LogP contribution in [0.2, 0.25) is 10.0 Å². The molecule has 0 spiro atoms. The fourth-order valence-electron chi connectivity index (χ4n) is 1.56. The Balaban J connectivity index is 2.32. The van der Waals surface area contributed by atoms with Gasteiger partial charge in [0.1, 0.15) is 5.69 Å². The van der Waals surface area contributed by atoms with Crippen molar-refractivity contribution < 1.29 is 4.79 Å². The fourth-order valence-corrected chi connectivity index (χ4v) is 1.93. The number of ketones is 1. The van der Waals surface area contributed by atoms with Gasteiger partial charge in [0.05, 0.1) is 11.3 Å². The number of rotatable bonds is 4. The lowest BCUT2D eigenvalue weighted by Crippen LogP contribution is -2.08. The van der Waals surface area contributed by atoms with E-state index in [1.54, 1.807) is 29.2 Å². The normalized spacial score (nSPS) is 10.6. The predicted molar refractivity (Wildman–Crippen MR) is 71.2 cm³/mol. The first-order valence-corrected chi connectivity index (χ1v) is 6.09. The van der Waals surface area contributed by atoms with Gasteiger partial charge in [-0.3, -0.25) is 4.79 Å². The third kappa shape index (κ3) is 2.72. The van der Waals surface area contributed by atoms with Crippen molar-refractivity contribution in [2.24, 2.45) is 5.73 Å². The summed E-state index contributed by atoms with van der Waals surface area (Å²) in [5.74, 6) is -0.252. The first kappa shape index (κ1) is 13.1. The first-order chi connectivity index (χ1) is 8.61. The number of carbonyl (C=O) groups excluding carboxylic acids is 1.